The quantitative estimate of drug-likeness (QED) is 0.0842. The van der Waals surface area contributed by atoms with Gasteiger partial charge in [0.1, 0.15) is 40.5 Å². The number of aromatic nitrogens is 8. The van der Waals surface area contributed by atoms with Crippen LogP contribution in [0, 0.1) is 31.6 Å². The van der Waals surface area contributed by atoms with Gasteiger partial charge in [-0.05, 0) is 76.9 Å². The molecule has 2 aliphatic heterocycles. The Morgan fingerprint density at radius 3 is 1.70 bits per heavy atom. The molecule has 2 saturated heterocycles. The summed E-state index contributed by atoms with van der Waals surface area (Å²) in [5, 5.41) is 14.7. The number of urea groups is 1. The fourth-order valence-electron chi connectivity index (χ4n) is 8.66. The van der Waals surface area contributed by atoms with Crippen LogP contribution in [0.4, 0.5) is 16.7 Å². The monoisotopic (exact) mass is 956 g/mol. The molecule has 0 unspecified atom stereocenters. The first-order chi connectivity index (χ1) is 33.8. The Balaban J connectivity index is 1.10. The zero-order valence-electron chi connectivity index (χ0n) is 39.8. The molecule has 4 aromatic heterocycles. The van der Waals surface area contributed by atoms with Crippen LogP contribution in [-0.4, -0.2) is 131 Å². The van der Waals surface area contributed by atoms with Crippen LogP contribution >= 0.6 is 0 Å². The van der Waals surface area contributed by atoms with Crippen molar-refractivity contribution < 1.29 is 38.2 Å². The van der Waals surface area contributed by atoms with Gasteiger partial charge in [0.05, 0.1) is 42.7 Å². The summed E-state index contributed by atoms with van der Waals surface area (Å²) in [6.07, 6.45) is 5.10. The SMILES string of the molecule is CCn1nc(C)cc1C(=O)Nc1nc2cc(C(N)=O)cc(OC)c2n1CC=CCn1c(NC(=O)c2cc(C)nn2CC)nc2cc(C(N)=O)cc(OCC#CC3CCN(C(=O)N4CCOCC4)CC3)c21. The lowest BCUT2D eigenvalue weighted by atomic mass is 9.98. The van der Waals surface area contributed by atoms with Gasteiger partial charge in [0.15, 0.2) is 0 Å². The molecule has 2 fully saturated rings. The molecule has 0 aliphatic carbocycles. The van der Waals surface area contributed by atoms with Gasteiger partial charge in [-0.1, -0.05) is 24.0 Å². The number of carbonyl (C=O) groups is 5. The van der Waals surface area contributed by atoms with E-state index in [1.54, 1.807) is 44.5 Å². The lowest BCUT2D eigenvalue weighted by Gasteiger charge is -2.36. The first kappa shape index (κ1) is 48.3. The number of ether oxygens (including phenoxy) is 3. The van der Waals surface area contributed by atoms with Gasteiger partial charge in [0.25, 0.3) is 11.8 Å². The molecule has 6 N–H and O–H groups in total. The Kier molecular flexibility index (Phi) is 14.5. The van der Waals surface area contributed by atoms with Gasteiger partial charge in [-0.3, -0.25) is 39.2 Å². The third-order valence-corrected chi connectivity index (χ3v) is 12.1. The second-order valence-corrected chi connectivity index (χ2v) is 16.8. The summed E-state index contributed by atoms with van der Waals surface area (Å²) in [7, 11) is 1.46. The molecule has 8 rings (SSSR count). The van der Waals surface area contributed by atoms with E-state index in [-0.39, 0.29) is 60.4 Å². The van der Waals surface area contributed by atoms with Gasteiger partial charge < -0.3 is 44.6 Å². The van der Waals surface area contributed by atoms with Gasteiger partial charge in [-0.25, -0.2) is 14.8 Å². The van der Waals surface area contributed by atoms with E-state index in [9.17, 15) is 24.0 Å². The van der Waals surface area contributed by atoms with E-state index >= 15 is 0 Å². The van der Waals surface area contributed by atoms with Crippen molar-refractivity contribution in [3.63, 3.8) is 0 Å². The van der Waals surface area contributed by atoms with E-state index in [1.165, 1.54) is 31.4 Å². The molecular weight excluding hydrogens is 901 g/mol. The standard InChI is InChI=1S/C48H56N14O8/c1-6-61-36(23-29(3)55-61)44(65)53-46-51-34-25-32(42(49)63)27-38(68-5)40(34)59(46)14-8-9-15-60-41-35(52-47(60)54-45(66)37-24-30(4)56-62(37)7-2)26-33(43(50)64)28-39(41)70-20-10-11-31-12-16-57(17-13-31)48(67)58-18-21-69-22-19-58/h8-9,23-28,31H,6-7,12-22H2,1-5H3,(H2,49,63)(H2,50,64)(H,51,53,65)(H,52,54,66). The van der Waals surface area contributed by atoms with Crippen molar-refractivity contribution in [1.82, 2.24) is 48.5 Å². The number of methoxy groups -OCH3 is 1. The van der Waals surface area contributed by atoms with Crippen molar-refractivity contribution in [2.75, 3.05) is 63.7 Å². The molecule has 2 aromatic carbocycles. The summed E-state index contributed by atoms with van der Waals surface area (Å²) in [4.78, 5) is 78.8. The number of primary amides is 2. The number of nitrogens with one attached hydrogen (secondary N) is 2. The highest BCUT2D eigenvalue weighted by molar-refractivity contribution is 6.05. The number of rotatable bonds is 15. The number of nitrogens with zero attached hydrogens (tertiary/aromatic N) is 10. The molecule has 0 radical (unpaired) electrons. The van der Waals surface area contributed by atoms with Crippen LogP contribution in [0.15, 0.2) is 48.6 Å². The minimum absolute atomic E-state index is 0.0283. The molecule has 366 valence electrons. The number of hydrogen-bond acceptors (Lipinski definition) is 12. The number of carbonyl (C=O) groups excluding carboxylic acids is 5. The van der Waals surface area contributed by atoms with E-state index in [2.05, 4.69) is 32.7 Å². The van der Waals surface area contributed by atoms with Crippen LogP contribution in [0.2, 0.25) is 0 Å². The van der Waals surface area contributed by atoms with Gasteiger partial charge in [0.2, 0.25) is 23.7 Å². The molecule has 0 spiro atoms. The number of amides is 6. The fourth-order valence-corrected chi connectivity index (χ4v) is 8.66. The van der Waals surface area contributed by atoms with E-state index in [0.717, 1.165) is 12.8 Å². The Morgan fingerprint density at radius 1 is 0.729 bits per heavy atom. The van der Waals surface area contributed by atoms with Crippen molar-refractivity contribution in [2.24, 2.45) is 17.4 Å². The maximum atomic E-state index is 13.9. The minimum Gasteiger partial charge on any atom is -0.494 e. The van der Waals surface area contributed by atoms with Crippen LogP contribution in [-0.2, 0) is 30.9 Å². The molecule has 6 amide bonds. The summed E-state index contributed by atoms with van der Waals surface area (Å²) < 4.78 is 24.1. The summed E-state index contributed by atoms with van der Waals surface area (Å²) in [6, 6.07) is 9.48. The first-order valence-corrected chi connectivity index (χ1v) is 23.1. The molecule has 0 saturated carbocycles. The maximum absolute atomic E-state index is 13.9. The Morgan fingerprint density at radius 2 is 1.21 bits per heavy atom. The molecule has 0 bridgehead atoms. The molecule has 6 aromatic rings. The zero-order valence-corrected chi connectivity index (χ0v) is 39.8. The fraction of sp³-hybridized carbons (Fsp3) is 0.396. The number of morpholine rings is 1. The van der Waals surface area contributed by atoms with Crippen molar-refractivity contribution >= 4 is 63.6 Å². The van der Waals surface area contributed by atoms with Crippen molar-refractivity contribution in [1.29, 1.82) is 0 Å². The maximum Gasteiger partial charge on any atom is 0.320 e. The second kappa shape index (κ2) is 21.0. The van der Waals surface area contributed by atoms with Crippen LogP contribution < -0.4 is 31.6 Å². The van der Waals surface area contributed by atoms with E-state index < -0.39 is 23.6 Å². The normalized spacial score (nSPS) is 14.2. The molecule has 6 heterocycles. The van der Waals surface area contributed by atoms with Crippen LogP contribution in [0.1, 0.15) is 79.8 Å². The number of imidazole rings is 2. The highest BCUT2D eigenvalue weighted by atomic mass is 16.5. The number of aryl methyl sites for hydroxylation is 4. The topological polar surface area (TPSA) is 267 Å². The average molecular weight is 957 g/mol. The predicted molar refractivity (Wildman–Crippen MR) is 259 cm³/mol. The van der Waals surface area contributed by atoms with Gasteiger partial charge in [0, 0.05) is 69.4 Å². The highest BCUT2D eigenvalue weighted by Gasteiger charge is 2.28. The Bertz CT molecular complexity index is 3080. The van der Waals surface area contributed by atoms with Crippen LogP contribution in [0.5, 0.6) is 11.5 Å². The second-order valence-electron chi connectivity index (χ2n) is 16.8. The molecule has 22 heteroatoms. The third kappa shape index (κ3) is 10.3. The predicted octanol–water partition coefficient (Wildman–Crippen LogP) is 3.95. The summed E-state index contributed by atoms with van der Waals surface area (Å²) in [6.45, 7) is 11.9. The number of piperidine rings is 1. The van der Waals surface area contributed by atoms with E-state index in [4.69, 9.17) is 35.6 Å². The molecule has 2 aliphatic rings. The molecule has 70 heavy (non-hydrogen) atoms. The van der Waals surface area contributed by atoms with Gasteiger partial charge in [-0.15, -0.1) is 0 Å². The van der Waals surface area contributed by atoms with E-state index in [0.29, 0.717) is 103 Å². The van der Waals surface area contributed by atoms with Gasteiger partial charge >= 0.3 is 6.03 Å². The zero-order chi connectivity index (χ0) is 49.6. The number of fused-ring (bicyclic) bond motifs is 2. The third-order valence-electron chi connectivity index (χ3n) is 12.1. The number of nitrogens with two attached hydrogens (primary N) is 2. The smallest absolute Gasteiger partial charge is 0.320 e. The van der Waals surface area contributed by atoms with Crippen LogP contribution in [0.3, 0.4) is 0 Å². The minimum atomic E-state index is -0.707. The van der Waals surface area contributed by atoms with Crippen molar-refractivity contribution in [3.8, 4) is 23.3 Å². The number of hydrogen-bond donors (Lipinski definition) is 4. The lowest BCUT2D eigenvalue weighted by molar-refractivity contribution is 0.0409. The number of likely N-dealkylation sites (tertiary alicyclic amines) is 1. The molecular formula is C48H56N14O8. The van der Waals surface area contributed by atoms with Gasteiger partial charge in [-0.2, -0.15) is 10.2 Å². The number of anilines is 2. The molecule has 0 atom stereocenters. The Labute approximate surface area is 402 Å². The number of allylic oxidation sites excluding steroid dienone is 2. The van der Waals surface area contributed by atoms with Crippen molar-refractivity contribution in [2.45, 2.75) is 66.7 Å². The summed E-state index contributed by atoms with van der Waals surface area (Å²) >= 11 is 0. The van der Waals surface area contributed by atoms with Crippen molar-refractivity contribution in [3.05, 3.63) is 82.5 Å². The summed E-state index contributed by atoms with van der Waals surface area (Å²) in [5.41, 5.74) is 15.4. The lowest BCUT2D eigenvalue weighted by Crippen LogP contribution is -2.50. The summed E-state index contributed by atoms with van der Waals surface area (Å²) in [5.74, 6) is 5.06. The average Bonchev–Trinajstić information content (AvgIpc) is 4.13. The highest BCUT2D eigenvalue weighted by Crippen LogP contribution is 2.33. The Hall–Kier alpha value is -8.19. The first-order valence-electron chi connectivity index (χ1n) is 23.1. The largest absolute Gasteiger partial charge is 0.494 e. The van der Waals surface area contributed by atoms with E-state index in [1.807, 2.05) is 35.8 Å². The van der Waals surface area contributed by atoms with Crippen LogP contribution in [0.25, 0.3) is 22.1 Å². The molecule has 22 nitrogen and oxygen atoms in total. The number of benzene rings is 2.